The van der Waals surface area contributed by atoms with E-state index in [1.165, 1.54) is 0 Å². The molecule has 2 aromatic rings. The van der Waals surface area contributed by atoms with Crippen molar-refractivity contribution in [3.8, 4) is 11.5 Å². The molecule has 0 saturated heterocycles. The first-order valence-corrected chi connectivity index (χ1v) is 11.9. The van der Waals surface area contributed by atoms with Gasteiger partial charge in [-0.3, -0.25) is 9.98 Å². The van der Waals surface area contributed by atoms with Gasteiger partial charge in [0.15, 0.2) is 0 Å². The Hall–Kier alpha value is 1.30. The van der Waals surface area contributed by atoms with Gasteiger partial charge in [0.25, 0.3) is 0 Å². The third-order valence-electron chi connectivity index (χ3n) is 4.58. The molecule has 0 heterocycles. The van der Waals surface area contributed by atoms with Crippen LogP contribution in [0.4, 0.5) is 0 Å². The Morgan fingerprint density at radius 2 is 1.07 bits per heavy atom. The Morgan fingerprint density at radius 3 is 1.43 bits per heavy atom. The number of hydrogen-bond acceptors (Lipinski definition) is 4. The molecule has 0 aliphatic heterocycles. The van der Waals surface area contributed by atoms with Crippen LogP contribution in [0.25, 0.3) is 0 Å². The van der Waals surface area contributed by atoms with Gasteiger partial charge >= 0.3 is 59.1 Å². The molecule has 10 heteroatoms. The molecule has 1 aliphatic carbocycles. The summed E-state index contributed by atoms with van der Waals surface area (Å²) in [5.41, 5.74) is 1.07. The maximum atomic E-state index is 12.3. The minimum absolute atomic E-state index is 0. The smallest absolute Gasteiger partial charge is 0.871 e. The summed E-state index contributed by atoms with van der Waals surface area (Å²) in [4.78, 5) is 9.34. The molecule has 30 heavy (non-hydrogen) atoms. The van der Waals surface area contributed by atoms with Crippen molar-refractivity contribution in [2.45, 2.75) is 37.8 Å². The van der Waals surface area contributed by atoms with Gasteiger partial charge in [0, 0.05) is 30.3 Å². The molecule has 4 nitrogen and oxygen atoms in total. The largest absolute Gasteiger partial charge is 1.00 e. The molecular formula is C20H16Br4N2Na2O2. The second kappa shape index (κ2) is 13.9. The Morgan fingerprint density at radius 1 is 0.700 bits per heavy atom. The predicted molar refractivity (Wildman–Crippen MR) is 124 cm³/mol. The molecule has 2 aromatic carbocycles. The second-order valence-electron chi connectivity index (χ2n) is 6.59. The van der Waals surface area contributed by atoms with Crippen molar-refractivity contribution in [3.63, 3.8) is 0 Å². The van der Waals surface area contributed by atoms with Crippen molar-refractivity contribution in [1.29, 1.82) is 0 Å². The normalized spacial score (nSPS) is 18.9. The van der Waals surface area contributed by atoms with Crippen molar-refractivity contribution in [2.24, 2.45) is 9.98 Å². The number of hydrogen-bond donors (Lipinski definition) is 0. The van der Waals surface area contributed by atoms with Crippen molar-refractivity contribution < 1.29 is 69.3 Å². The van der Waals surface area contributed by atoms with Crippen LogP contribution in [-0.4, -0.2) is 24.5 Å². The molecule has 0 aromatic heterocycles. The molecule has 1 saturated carbocycles. The van der Waals surface area contributed by atoms with E-state index in [0.29, 0.717) is 20.1 Å². The van der Waals surface area contributed by atoms with Crippen LogP contribution in [0.15, 0.2) is 52.1 Å². The van der Waals surface area contributed by atoms with E-state index in [4.69, 9.17) is 0 Å². The molecule has 0 spiro atoms. The van der Waals surface area contributed by atoms with E-state index in [2.05, 4.69) is 73.7 Å². The summed E-state index contributed by atoms with van der Waals surface area (Å²) in [5, 5.41) is 24.5. The zero-order chi connectivity index (χ0) is 20.3. The van der Waals surface area contributed by atoms with Gasteiger partial charge < -0.3 is 10.2 Å². The Bertz CT molecular complexity index is 866. The van der Waals surface area contributed by atoms with Gasteiger partial charge in [0.05, 0.1) is 12.1 Å². The number of rotatable bonds is 4. The molecule has 0 bridgehead atoms. The van der Waals surface area contributed by atoms with Gasteiger partial charge in [-0.1, -0.05) is 88.1 Å². The van der Waals surface area contributed by atoms with Gasteiger partial charge in [-0.25, -0.2) is 0 Å². The average molecular weight is 682 g/mol. The molecule has 0 amide bonds. The number of halogens is 4. The van der Waals surface area contributed by atoms with Crippen LogP contribution in [-0.2, 0) is 0 Å². The van der Waals surface area contributed by atoms with E-state index in [1.807, 2.05) is 0 Å². The van der Waals surface area contributed by atoms with Crippen molar-refractivity contribution in [1.82, 2.24) is 0 Å². The van der Waals surface area contributed by atoms with E-state index in [-0.39, 0.29) is 82.7 Å². The summed E-state index contributed by atoms with van der Waals surface area (Å²) in [7, 11) is 0. The monoisotopic (exact) mass is 678 g/mol. The third kappa shape index (κ3) is 7.96. The van der Waals surface area contributed by atoms with Gasteiger partial charge in [-0.05, 0) is 48.2 Å². The van der Waals surface area contributed by atoms with Gasteiger partial charge in [0.1, 0.15) is 0 Å². The molecule has 0 radical (unpaired) electrons. The van der Waals surface area contributed by atoms with Crippen molar-refractivity contribution in [3.05, 3.63) is 53.3 Å². The number of nitrogens with zero attached hydrogens (tertiary/aromatic N) is 2. The third-order valence-corrected chi connectivity index (χ3v) is 6.67. The van der Waals surface area contributed by atoms with Gasteiger partial charge in [-0.2, -0.15) is 0 Å². The average Bonchev–Trinajstić information content (AvgIpc) is 2.65. The van der Waals surface area contributed by atoms with Crippen LogP contribution in [0.2, 0.25) is 0 Å². The summed E-state index contributed by atoms with van der Waals surface area (Å²) in [6, 6.07) is 6.97. The van der Waals surface area contributed by atoms with Crippen LogP contribution in [0.1, 0.15) is 36.8 Å². The fraction of sp³-hybridized carbons (Fsp3) is 0.300. The summed E-state index contributed by atoms with van der Waals surface area (Å²) >= 11 is 13.4. The standard InChI is InChI=1S/C20H18Br4N2O2.2Na/c21-13-5-11(19(27)15(23)7-13)9-25-17-3-1-2-4-18(17)26-10-12-6-14(22)8-16(24)20(12)28;;/h5-10,17-18,27-28H,1-4H2;;/q;2*+1/p-2/t17-,18-;;/m1../s1. The molecule has 0 N–H and O–H groups in total. The molecule has 148 valence electrons. The molecular weight excluding hydrogens is 666 g/mol. The fourth-order valence-electron chi connectivity index (χ4n) is 3.14. The first-order valence-electron chi connectivity index (χ1n) is 8.73. The fourth-order valence-corrected chi connectivity index (χ4v) is 5.66. The summed E-state index contributed by atoms with van der Waals surface area (Å²) < 4.78 is 2.65. The molecule has 1 fully saturated rings. The zero-order valence-corrected chi connectivity index (χ0v) is 27.0. The van der Waals surface area contributed by atoms with Crippen molar-refractivity contribution >= 4 is 76.1 Å². The van der Waals surface area contributed by atoms with Crippen LogP contribution >= 0.6 is 63.7 Å². The minimum Gasteiger partial charge on any atom is -0.871 e. The quantitative estimate of drug-likeness (QED) is 0.330. The Labute approximate surface area is 254 Å². The maximum Gasteiger partial charge on any atom is 1.00 e. The topological polar surface area (TPSA) is 70.8 Å². The molecule has 0 unspecified atom stereocenters. The van der Waals surface area contributed by atoms with E-state index in [0.717, 1.165) is 34.6 Å². The van der Waals surface area contributed by atoms with Crippen LogP contribution in [0, 0.1) is 0 Å². The minimum atomic E-state index is -0.0854. The van der Waals surface area contributed by atoms with Gasteiger partial charge in [0.2, 0.25) is 0 Å². The van der Waals surface area contributed by atoms with Crippen molar-refractivity contribution in [2.75, 3.05) is 0 Å². The van der Waals surface area contributed by atoms with Gasteiger partial charge in [-0.15, -0.1) is 0 Å². The first-order chi connectivity index (χ1) is 13.3. The van der Waals surface area contributed by atoms with E-state index in [1.54, 1.807) is 36.7 Å². The van der Waals surface area contributed by atoms with Crippen LogP contribution in [0.3, 0.4) is 0 Å². The number of aliphatic imine (C=N–C) groups is 2. The predicted octanol–water partition coefficient (Wildman–Crippen LogP) is -0.259. The van der Waals surface area contributed by atoms with E-state index < -0.39 is 0 Å². The van der Waals surface area contributed by atoms with E-state index in [9.17, 15) is 10.2 Å². The Kier molecular flexibility index (Phi) is 13.6. The van der Waals surface area contributed by atoms with Crippen LogP contribution in [0.5, 0.6) is 11.5 Å². The zero-order valence-electron chi connectivity index (χ0n) is 16.7. The van der Waals surface area contributed by atoms with Crippen LogP contribution < -0.4 is 69.3 Å². The molecule has 1 aliphatic rings. The molecule has 2 atom stereocenters. The van der Waals surface area contributed by atoms with E-state index >= 15 is 0 Å². The summed E-state index contributed by atoms with van der Waals surface area (Å²) in [5.74, 6) is -0.171. The SMILES string of the molecule is [Na+].[Na+].[O-]c1c(Br)cc(Br)cc1C=N[C@@H]1CCCC[C@H]1N=Cc1cc(Br)cc(Br)c1[O-]. The molecule has 3 rings (SSSR count). The Balaban J connectivity index is 0.00000225. The summed E-state index contributed by atoms with van der Waals surface area (Å²) in [6.07, 6.45) is 7.27. The number of benzene rings is 2. The maximum absolute atomic E-state index is 12.3. The summed E-state index contributed by atoms with van der Waals surface area (Å²) in [6.45, 7) is 0. The first kappa shape index (κ1) is 29.3. The second-order valence-corrected chi connectivity index (χ2v) is 10.1.